The number of rotatable bonds is 1. The minimum atomic E-state index is 0. The number of benzene rings is 2. The van der Waals surface area contributed by atoms with Gasteiger partial charge in [-0.1, -0.05) is 45.0 Å². The Morgan fingerprint density at radius 2 is 1.43 bits per heavy atom. The smallest absolute Gasteiger partial charge is 1.00 e. The molecule has 0 atom stereocenters. The van der Waals surface area contributed by atoms with Crippen molar-refractivity contribution in [2.75, 3.05) is 0 Å². The molecule has 0 aliphatic carbocycles. The van der Waals surface area contributed by atoms with Crippen LogP contribution in [0.15, 0.2) is 78.9 Å². The van der Waals surface area contributed by atoms with Crippen LogP contribution >= 0.6 is 0 Å². The molecule has 0 spiro atoms. The molecule has 0 saturated carbocycles. The van der Waals surface area contributed by atoms with Crippen LogP contribution in [0.4, 0.5) is 0 Å². The maximum atomic E-state index is 2.33. The molecule has 0 fully saturated rings. The molecule has 1 nitrogen and oxygen atoms in total. The Balaban J connectivity index is 0.000000355. The molecule has 0 bridgehead atoms. The standard InChI is InChI=1S/C18H14N.C8H11.2ClH.Hf/c1-13-10-16-8-4-5-9-18(16)19(13)17-11-14-6-2-3-7-15(14)12-17;1-6-4-5-7(2)8(6)3;;;/h2-12H,1H3;4-5H,1-3H3;2*1H;/q2*-1;;;+4/p-2. The second kappa shape index (κ2) is 11.1. The summed E-state index contributed by atoms with van der Waals surface area (Å²) >= 11 is 0. The molecule has 0 saturated heterocycles. The first-order valence-electron chi connectivity index (χ1n) is 9.47. The molecule has 4 aromatic carbocycles. The van der Waals surface area contributed by atoms with E-state index in [9.17, 15) is 0 Å². The van der Waals surface area contributed by atoms with Gasteiger partial charge in [-0.15, -0.1) is 41.1 Å². The number of aromatic nitrogens is 1. The van der Waals surface area contributed by atoms with Gasteiger partial charge in [0, 0.05) is 11.1 Å². The average molecular weight is 601 g/mol. The molecule has 0 amide bonds. The summed E-state index contributed by atoms with van der Waals surface area (Å²) in [7, 11) is 0. The topological polar surface area (TPSA) is 4.93 Å². The van der Waals surface area contributed by atoms with Crippen LogP contribution in [0.1, 0.15) is 22.4 Å². The van der Waals surface area contributed by atoms with Crippen LogP contribution in [0.5, 0.6) is 0 Å². The summed E-state index contributed by atoms with van der Waals surface area (Å²) in [6, 6.07) is 28.1. The van der Waals surface area contributed by atoms with Crippen molar-refractivity contribution in [3.8, 4) is 5.69 Å². The number of aryl methyl sites for hydroxylation is 3. The molecule has 0 aliphatic heterocycles. The van der Waals surface area contributed by atoms with Gasteiger partial charge in [-0.3, -0.25) is 0 Å². The Labute approximate surface area is 210 Å². The van der Waals surface area contributed by atoms with Crippen LogP contribution in [0.25, 0.3) is 27.4 Å². The minimum absolute atomic E-state index is 0. The predicted octanol–water partition coefficient (Wildman–Crippen LogP) is 1.15. The van der Waals surface area contributed by atoms with Crippen molar-refractivity contribution in [2.24, 2.45) is 0 Å². The molecule has 1 aromatic heterocycles. The number of para-hydroxylation sites is 1. The number of nitrogens with zero attached hydrogens (tertiary/aromatic N) is 1. The van der Waals surface area contributed by atoms with E-state index in [1.165, 1.54) is 49.7 Å². The molecule has 5 rings (SSSR count). The predicted molar refractivity (Wildman–Crippen MR) is 117 cm³/mol. The normalized spacial score (nSPS) is 9.87. The molecule has 0 aliphatic rings. The van der Waals surface area contributed by atoms with E-state index in [1.807, 2.05) is 0 Å². The van der Waals surface area contributed by atoms with E-state index in [0.29, 0.717) is 0 Å². The van der Waals surface area contributed by atoms with Gasteiger partial charge in [-0.25, -0.2) is 6.07 Å². The quantitative estimate of drug-likeness (QED) is 0.201. The van der Waals surface area contributed by atoms with Crippen LogP contribution in [0.2, 0.25) is 0 Å². The van der Waals surface area contributed by atoms with Gasteiger partial charge in [0.1, 0.15) is 0 Å². The van der Waals surface area contributed by atoms with Crippen LogP contribution in [0.3, 0.4) is 0 Å². The Bertz CT molecular complexity index is 1170. The fourth-order valence-electron chi connectivity index (χ4n) is 3.71. The fourth-order valence-corrected chi connectivity index (χ4v) is 3.71. The molecule has 4 heteroatoms. The maximum absolute atomic E-state index is 2.33. The van der Waals surface area contributed by atoms with Crippen molar-refractivity contribution < 1.29 is 50.7 Å². The van der Waals surface area contributed by atoms with Gasteiger partial charge in [0.05, 0.1) is 5.52 Å². The van der Waals surface area contributed by atoms with Crippen molar-refractivity contribution in [1.82, 2.24) is 4.57 Å². The zero-order valence-electron chi connectivity index (χ0n) is 17.7. The maximum Gasteiger partial charge on any atom is 4.00 e. The Kier molecular flexibility index (Phi) is 9.81. The monoisotopic (exact) mass is 601 g/mol. The Hall–Kier alpha value is -1.61. The van der Waals surface area contributed by atoms with Gasteiger partial charge in [0.25, 0.3) is 0 Å². The van der Waals surface area contributed by atoms with E-state index < -0.39 is 0 Å². The van der Waals surface area contributed by atoms with E-state index in [4.69, 9.17) is 0 Å². The zero-order valence-corrected chi connectivity index (χ0v) is 22.8. The first-order chi connectivity index (χ1) is 13.0. The van der Waals surface area contributed by atoms with Crippen LogP contribution in [0, 0.1) is 27.7 Å². The summed E-state index contributed by atoms with van der Waals surface area (Å²) in [4.78, 5) is 0. The van der Waals surface area contributed by atoms with E-state index in [-0.39, 0.29) is 50.7 Å². The summed E-state index contributed by atoms with van der Waals surface area (Å²) in [5.41, 5.74) is 8.04. The van der Waals surface area contributed by atoms with Crippen LogP contribution in [-0.2, 0) is 25.8 Å². The van der Waals surface area contributed by atoms with Gasteiger partial charge < -0.3 is 29.4 Å². The molecule has 5 aromatic rings. The van der Waals surface area contributed by atoms with Gasteiger partial charge in [-0.2, -0.15) is 22.8 Å². The van der Waals surface area contributed by atoms with E-state index >= 15 is 0 Å². The Morgan fingerprint density at radius 1 is 0.800 bits per heavy atom. The van der Waals surface area contributed by atoms with Crippen molar-refractivity contribution in [3.05, 3.63) is 101 Å². The molecule has 0 N–H and O–H groups in total. The van der Waals surface area contributed by atoms with Crippen LogP contribution in [-0.4, -0.2) is 4.57 Å². The number of fused-ring (bicyclic) bond motifs is 2. The van der Waals surface area contributed by atoms with E-state index in [1.54, 1.807) is 0 Å². The molecular formula is C26H25Cl2HfN. The summed E-state index contributed by atoms with van der Waals surface area (Å²) in [6.45, 7) is 8.60. The zero-order chi connectivity index (χ0) is 19.0. The fraction of sp³-hybridized carbons (Fsp3) is 0.154. The van der Waals surface area contributed by atoms with E-state index in [2.05, 4.69) is 111 Å². The van der Waals surface area contributed by atoms with Crippen LogP contribution < -0.4 is 24.8 Å². The molecule has 0 unspecified atom stereocenters. The van der Waals surface area contributed by atoms with E-state index in [0.717, 1.165) is 0 Å². The van der Waals surface area contributed by atoms with Crippen molar-refractivity contribution in [3.63, 3.8) is 0 Å². The average Bonchev–Trinajstić information content (AvgIpc) is 3.32. The summed E-state index contributed by atoms with van der Waals surface area (Å²) in [6.07, 6.45) is 0. The minimum Gasteiger partial charge on any atom is -1.00 e. The third-order valence-electron chi connectivity index (χ3n) is 5.52. The molecular weight excluding hydrogens is 576 g/mol. The summed E-state index contributed by atoms with van der Waals surface area (Å²) < 4.78 is 2.33. The van der Waals surface area contributed by atoms with Crippen molar-refractivity contribution in [1.29, 1.82) is 0 Å². The number of hydrogen-bond donors (Lipinski definition) is 0. The third-order valence-corrected chi connectivity index (χ3v) is 5.52. The molecule has 0 radical (unpaired) electrons. The molecule has 1 heterocycles. The largest absolute Gasteiger partial charge is 4.00 e. The van der Waals surface area contributed by atoms with Gasteiger partial charge in [-0.05, 0) is 24.7 Å². The van der Waals surface area contributed by atoms with Crippen molar-refractivity contribution in [2.45, 2.75) is 27.7 Å². The first kappa shape index (κ1) is 26.4. The SMILES string of the molecule is Cc1cc2ccccc2n1-c1cc2ccccc2[cH-]1.Cc1cc[c-](C)c1C.[Cl-].[Cl-].[Hf+4]. The second-order valence-corrected chi connectivity index (χ2v) is 7.35. The summed E-state index contributed by atoms with van der Waals surface area (Å²) in [5.74, 6) is 0. The second-order valence-electron chi connectivity index (χ2n) is 7.35. The number of hydrogen-bond acceptors (Lipinski definition) is 0. The van der Waals surface area contributed by atoms with Crippen molar-refractivity contribution >= 4 is 21.7 Å². The number of halogens is 2. The summed E-state index contributed by atoms with van der Waals surface area (Å²) in [5, 5.41) is 3.90. The third kappa shape index (κ3) is 5.17. The molecule has 30 heavy (non-hydrogen) atoms. The van der Waals surface area contributed by atoms with Gasteiger partial charge in [0.2, 0.25) is 0 Å². The van der Waals surface area contributed by atoms with Gasteiger partial charge in [0.15, 0.2) is 0 Å². The first-order valence-corrected chi connectivity index (χ1v) is 9.47. The Morgan fingerprint density at radius 3 is 2.00 bits per heavy atom. The molecule has 152 valence electrons. The van der Waals surface area contributed by atoms with Gasteiger partial charge >= 0.3 is 25.8 Å².